The van der Waals surface area contributed by atoms with Crippen molar-refractivity contribution in [2.75, 3.05) is 32.1 Å². The Morgan fingerprint density at radius 2 is 2.08 bits per heavy atom. The van der Waals surface area contributed by atoms with Gasteiger partial charge >= 0.3 is 0 Å². The molecule has 0 radical (unpaired) electrons. The molecule has 1 aliphatic rings. The molecule has 5 rings (SSSR count). The average Bonchev–Trinajstić information content (AvgIpc) is 3.38. The van der Waals surface area contributed by atoms with E-state index in [1.807, 2.05) is 31.4 Å². The van der Waals surface area contributed by atoms with Gasteiger partial charge < -0.3 is 10.1 Å². The van der Waals surface area contributed by atoms with Gasteiger partial charge in [-0.2, -0.15) is 10.4 Å². The first-order chi connectivity index (χ1) is 18.5. The third-order valence-electron chi connectivity index (χ3n) is 6.55. The number of hydrogen-bond acceptors (Lipinski definition) is 7. The minimum absolute atomic E-state index is 0.112. The van der Waals surface area contributed by atoms with Crippen LogP contribution in [0.15, 0.2) is 55.0 Å². The molecule has 0 spiro atoms. The molecule has 4 aromatic rings. The number of aryl methyl sites for hydroxylation is 1. The first-order valence-electron chi connectivity index (χ1n) is 12.4. The summed E-state index contributed by atoms with van der Waals surface area (Å²) in [4.78, 5) is 24.1. The molecule has 3 aromatic heterocycles. The number of aromatic nitrogens is 4. The van der Waals surface area contributed by atoms with Crippen molar-refractivity contribution in [1.82, 2.24) is 24.6 Å². The number of rotatable bonds is 5. The number of pyridine rings is 2. The maximum Gasteiger partial charge on any atom is 0.238 e. The lowest BCUT2D eigenvalue weighted by atomic mass is 9.97. The van der Waals surface area contributed by atoms with E-state index in [1.165, 1.54) is 7.11 Å². The largest absolute Gasteiger partial charge is 0.495 e. The number of benzene rings is 1. The Morgan fingerprint density at radius 1 is 1.24 bits per heavy atom. The SMILES string of the molecule is COc1ccc(NC(=O)CN2CCC(C#Cc3nc(-c4cnn(C)c4)cc4ncccc34)CC2)cc1C#N. The first-order valence-corrected chi connectivity index (χ1v) is 12.4. The summed E-state index contributed by atoms with van der Waals surface area (Å²) in [6, 6.07) is 13.0. The molecule has 9 nitrogen and oxygen atoms in total. The van der Waals surface area contributed by atoms with Crippen molar-refractivity contribution in [3.05, 3.63) is 66.2 Å². The highest BCUT2D eigenvalue weighted by molar-refractivity contribution is 5.92. The van der Waals surface area contributed by atoms with E-state index in [0.717, 1.165) is 48.1 Å². The number of nitriles is 1. The molecule has 0 atom stereocenters. The van der Waals surface area contributed by atoms with E-state index in [-0.39, 0.29) is 11.8 Å². The van der Waals surface area contributed by atoms with Crippen molar-refractivity contribution in [2.45, 2.75) is 12.8 Å². The molecule has 38 heavy (non-hydrogen) atoms. The summed E-state index contributed by atoms with van der Waals surface area (Å²) in [7, 11) is 3.39. The third-order valence-corrected chi connectivity index (χ3v) is 6.55. The Balaban J connectivity index is 1.22. The van der Waals surface area contributed by atoms with Gasteiger partial charge in [0.25, 0.3) is 0 Å². The fraction of sp³-hybridized carbons (Fsp3) is 0.276. The topological polar surface area (TPSA) is 109 Å². The number of likely N-dealkylation sites (tertiary alicyclic amines) is 1. The molecular formula is C29H27N7O2. The molecule has 1 aliphatic heterocycles. The molecule has 1 N–H and O–H groups in total. The monoisotopic (exact) mass is 505 g/mol. The summed E-state index contributed by atoms with van der Waals surface area (Å²) in [5.41, 5.74) is 4.25. The normalized spacial score (nSPS) is 13.9. The summed E-state index contributed by atoms with van der Waals surface area (Å²) in [5.74, 6) is 7.34. The third kappa shape index (κ3) is 5.64. The quantitative estimate of drug-likeness (QED) is 0.413. The molecule has 9 heteroatoms. The highest BCUT2D eigenvalue weighted by Gasteiger charge is 2.20. The predicted molar refractivity (Wildman–Crippen MR) is 144 cm³/mol. The van der Waals surface area contributed by atoms with Gasteiger partial charge in [0.05, 0.1) is 36.6 Å². The minimum Gasteiger partial charge on any atom is -0.495 e. The lowest BCUT2D eigenvalue weighted by Gasteiger charge is -2.29. The van der Waals surface area contributed by atoms with Crippen LogP contribution < -0.4 is 10.1 Å². The van der Waals surface area contributed by atoms with E-state index in [4.69, 9.17) is 9.72 Å². The number of ether oxygens (including phenoxy) is 1. The predicted octanol–water partition coefficient (Wildman–Crippen LogP) is 3.61. The Labute approximate surface area is 221 Å². The molecule has 0 bridgehead atoms. The molecule has 0 saturated carbocycles. The second-order valence-corrected chi connectivity index (χ2v) is 9.22. The van der Waals surface area contributed by atoms with Gasteiger partial charge in [-0.3, -0.25) is 19.4 Å². The Kier molecular flexibility index (Phi) is 7.30. The number of anilines is 1. The van der Waals surface area contributed by atoms with Gasteiger partial charge in [-0.15, -0.1) is 0 Å². The summed E-state index contributed by atoms with van der Waals surface area (Å²) >= 11 is 0. The number of carbonyl (C=O) groups excluding carboxylic acids is 1. The fourth-order valence-corrected chi connectivity index (χ4v) is 4.55. The van der Waals surface area contributed by atoms with Crippen LogP contribution in [0.3, 0.4) is 0 Å². The van der Waals surface area contributed by atoms with Gasteiger partial charge in [-0.25, -0.2) is 4.98 Å². The van der Waals surface area contributed by atoms with Crippen LogP contribution in [0, 0.1) is 29.1 Å². The van der Waals surface area contributed by atoms with Gasteiger partial charge in [-0.05, 0) is 68.2 Å². The van der Waals surface area contributed by atoms with E-state index in [9.17, 15) is 10.1 Å². The van der Waals surface area contributed by atoms with Gasteiger partial charge in [0, 0.05) is 42.0 Å². The van der Waals surface area contributed by atoms with E-state index in [2.05, 4.69) is 38.2 Å². The summed E-state index contributed by atoms with van der Waals surface area (Å²) < 4.78 is 6.91. The first kappa shape index (κ1) is 24.9. The molecular weight excluding hydrogens is 478 g/mol. The number of amides is 1. The maximum absolute atomic E-state index is 12.6. The van der Waals surface area contributed by atoms with Crippen LogP contribution in [0.2, 0.25) is 0 Å². The van der Waals surface area contributed by atoms with Crippen LogP contribution in [0.4, 0.5) is 5.69 Å². The van der Waals surface area contributed by atoms with Crippen molar-refractivity contribution in [2.24, 2.45) is 13.0 Å². The zero-order chi connectivity index (χ0) is 26.5. The standard InChI is InChI=1S/C29H27N7O2/c1-35-18-22(17-32-35)26-15-27-24(4-3-11-31-27)25(34-26)7-5-20-9-12-36(13-10-20)19-29(37)33-23-6-8-28(38-2)21(14-23)16-30/h3-4,6,8,11,14-15,17-18,20H,9-10,12-13,19H2,1-2H3,(H,33,37). The number of carbonyl (C=O) groups is 1. The maximum atomic E-state index is 12.6. The highest BCUT2D eigenvalue weighted by atomic mass is 16.5. The van der Waals surface area contributed by atoms with Crippen LogP contribution in [0.1, 0.15) is 24.1 Å². The van der Waals surface area contributed by atoms with E-state index in [0.29, 0.717) is 29.2 Å². The van der Waals surface area contributed by atoms with Crippen molar-refractivity contribution in [3.63, 3.8) is 0 Å². The van der Waals surface area contributed by atoms with Crippen LogP contribution in [0.25, 0.3) is 22.2 Å². The molecule has 1 amide bonds. The van der Waals surface area contributed by atoms with Crippen molar-refractivity contribution >= 4 is 22.5 Å². The number of piperidine rings is 1. The molecule has 0 unspecified atom stereocenters. The molecule has 0 aliphatic carbocycles. The van der Waals surface area contributed by atoms with Crippen LogP contribution >= 0.6 is 0 Å². The Morgan fingerprint density at radius 3 is 2.82 bits per heavy atom. The Hall–Kier alpha value is -4.73. The highest BCUT2D eigenvalue weighted by Crippen LogP contribution is 2.24. The zero-order valence-corrected chi connectivity index (χ0v) is 21.3. The molecule has 1 saturated heterocycles. The van der Waals surface area contributed by atoms with E-state index in [1.54, 1.807) is 35.3 Å². The number of hydrogen-bond donors (Lipinski definition) is 1. The summed E-state index contributed by atoms with van der Waals surface area (Å²) in [6.45, 7) is 1.85. The number of methoxy groups -OCH3 is 1. The van der Waals surface area contributed by atoms with Crippen LogP contribution in [-0.4, -0.2) is 57.3 Å². The zero-order valence-electron chi connectivity index (χ0n) is 21.3. The van der Waals surface area contributed by atoms with Crippen molar-refractivity contribution in [3.8, 4) is 34.9 Å². The summed E-state index contributed by atoms with van der Waals surface area (Å²) in [5, 5.41) is 17.3. The number of fused-ring (bicyclic) bond motifs is 1. The van der Waals surface area contributed by atoms with Gasteiger partial charge in [0.1, 0.15) is 17.5 Å². The minimum atomic E-state index is -0.112. The average molecular weight is 506 g/mol. The Bertz CT molecular complexity index is 1580. The van der Waals surface area contributed by atoms with E-state index >= 15 is 0 Å². The second-order valence-electron chi connectivity index (χ2n) is 9.22. The molecule has 1 fully saturated rings. The lowest BCUT2D eigenvalue weighted by molar-refractivity contribution is -0.117. The molecule has 190 valence electrons. The van der Waals surface area contributed by atoms with Gasteiger partial charge in [-0.1, -0.05) is 5.92 Å². The van der Waals surface area contributed by atoms with Crippen LogP contribution in [-0.2, 0) is 11.8 Å². The fourth-order valence-electron chi connectivity index (χ4n) is 4.55. The second kappa shape index (κ2) is 11.1. The van der Waals surface area contributed by atoms with Crippen LogP contribution in [0.5, 0.6) is 5.75 Å². The summed E-state index contributed by atoms with van der Waals surface area (Å²) in [6.07, 6.45) is 7.24. The lowest BCUT2D eigenvalue weighted by Crippen LogP contribution is -2.39. The number of nitrogens with one attached hydrogen (secondary N) is 1. The van der Waals surface area contributed by atoms with Gasteiger partial charge in [0.15, 0.2) is 0 Å². The number of nitrogens with zero attached hydrogens (tertiary/aromatic N) is 6. The van der Waals surface area contributed by atoms with E-state index < -0.39 is 0 Å². The van der Waals surface area contributed by atoms with Crippen molar-refractivity contribution < 1.29 is 9.53 Å². The molecule has 1 aromatic carbocycles. The smallest absolute Gasteiger partial charge is 0.238 e. The van der Waals surface area contributed by atoms with Crippen molar-refractivity contribution in [1.29, 1.82) is 5.26 Å². The molecule has 4 heterocycles. The van der Waals surface area contributed by atoms with Gasteiger partial charge in [0.2, 0.25) is 5.91 Å².